The topological polar surface area (TPSA) is 37.8 Å². The Morgan fingerprint density at radius 2 is 1.86 bits per heavy atom. The third kappa shape index (κ3) is 1.71. The van der Waals surface area contributed by atoms with Crippen LogP contribution < -0.4 is 5.32 Å². The molecule has 0 unspecified atom stereocenters. The average Bonchev–Trinajstić information content (AvgIpc) is 2.30. The molecule has 0 fully saturated rings. The van der Waals surface area contributed by atoms with Gasteiger partial charge in [-0.3, -0.25) is 0 Å². The first-order chi connectivity index (χ1) is 6.90. The quantitative estimate of drug-likeness (QED) is 0.779. The molecule has 70 valence electrons. The summed E-state index contributed by atoms with van der Waals surface area (Å²) in [5.74, 6) is 0. The third-order valence-electron chi connectivity index (χ3n) is 2.05. The molecule has 1 aromatic heterocycles. The SMILES string of the molecule is CNc1cccc(-c2cncnc2)c1. The fraction of sp³-hybridized carbons (Fsp3) is 0.0909. The minimum Gasteiger partial charge on any atom is -0.388 e. The van der Waals surface area contributed by atoms with Crippen molar-refractivity contribution in [2.45, 2.75) is 0 Å². The lowest BCUT2D eigenvalue weighted by molar-refractivity contribution is 1.17. The highest BCUT2D eigenvalue weighted by Crippen LogP contribution is 2.20. The van der Waals surface area contributed by atoms with E-state index in [2.05, 4.69) is 21.4 Å². The summed E-state index contributed by atoms with van der Waals surface area (Å²) in [6, 6.07) is 8.14. The number of hydrogen-bond donors (Lipinski definition) is 1. The Bertz CT molecular complexity index is 412. The van der Waals surface area contributed by atoms with Crippen molar-refractivity contribution < 1.29 is 0 Å². The van der Waals surface area contributed by atoms with Crippen LogP contribution in [0.25, 0.3) is 11.1 Å². The standard InChI is InChI=1S/C11H11N3/c1-12-11-4-2-3-9(5-11)10-6-13-8-14-7-10/h2-8,12H,1H3. The van der Waals surface area contributed by atoms with E-state index in [-0.39, 0.29) is 0 Å². The van der Waals surface area contributed by atoms with Gasteiger partial charge in [0.25, 0.3) is 0 Å². The summed E-state index contributed by atoms with van der Waals surface area (Å²) >= 11 is 0. The van der Waals surface area contributed by atoms with Crippen molar-refractivity contribution in [3.05, 3.63) is 43.0 Å². The van der Waals surface area contributed by atoms with Gasteiger partial charge < -0.3 is 5.32 Å². The second-order valence-electron chi connectivity index (χ2n) is 2.96. The van der Waals surface area contributed by atoms with Crippen LogP contribution in [0.2, 0.25) is 0 Å². The van der Waals surface area contributed by atoms with Gasteiger partial charge in [-0.05, 0) is 17.7 Å². The number of rotatable bonds is 2. The first kappa shape index (κ1) is 8.69. The van der Waals surface area contributed by atoms with Crippen LogP contribution in [-0.4, -0.2) is 17.0 Å². The molecule has 2 aromatic rings. The lowest BCUT2D eigenvalue weighted by Gasteiger charge is -2.03. The molecule has 0 atom stereocenters. The smallest absolute Gasteiger partial charge is 0.115 e. The van der Waals surface area contributed by atoms with Gasteiger partial charge in [-0.15, -0.1) is 0 Å². The molecule has 1 aromatic carbocycles. The van der Waals surface area contributed by atoms with E-state index in [1.165, 1.54) is 6.33 Å². The highest BCUT2D eigenvalue weighted by Gasteiger charge is 1.97. The van der Waals surface area contributed by atoms with Crippen LogP contribution in [0.1, 0.15) is 0 Å². The van der Waals surface area contributed by atoms with Crippen LogP contribution in [0.5, 0.6) is 0 Å². The van der Waals surface area contributed by atoms with E-state index in [0.29, 0.717) is 0 Å². The summed E-state index contributed by atoms with van der Waals surface area (Å²) in [5.41, 5.74) is 3.24. The largest absolute Gasteiger partial charge is 0.388 e. The molecule has 1 N–H and O–H groups in total. The summed E-state index contributed by atoms with van der Waals surface area (Å²) < 4.78 is 0. The molecule has 14 heavy (non-hydrogen) atoms. The van der Waals surface area contributed by atoms with Crippen molar-refractivity contribution in [2.24, 2.45) is 0 Å². The Morgan fingerprint density at radius 3 is 2.57 bits per heavy atom. The van der Waals surface area contributed by atoms with E-state index < -0.39 is 0 Å². The highest BCUT2D eigenvalue weighted by atomic mass is 14.8. The second-order valence-corrected chi connectivity index (χ2v) is 2.96. The molecule has 2 rings (SSSR count). The molecule has 3 heteroatoms. The lowest BCUT2D eigenvalue weighted by atomic mass is 10.1. The van der Waals surface area contributed by atoms with Crippen molar-refractivity contribution in [3.8, 4) is 11.1 Å². The zero-order valence-electron chi connectivity index (χ0n) is 7.94. The van der Waals surface area contributed by atoms with Crippen LogP contribution in [0.3, 0.4) is 0 Å². The van der Waals surface area contributed by atoms with Crippen molar-refractivity contribution >= 4 is 5.69 Å². The molecule has 0 spiro atoms. The first-order valence-corrected chi connectivity index (χ1v) is 4.43. The number of nitrogens with one attached hydrogen (secondary N) is 1. The molecular weight excluding hydrogens is 174 g/mol. The highest BCUT2D eigenvalue weighted by molar-refractivity contribution is 5.66. The van der Waals surface area contributed by atoms with Gasteiger partial charge in [-0.25, -0.2) is 9.97 Å². The van der Waals surface area contributed by atoms with Crippen molar-refractivity contribution in [1.82, 2.24) is 9.97 Å². The molecule has 0 bridgehead atoms. The van der Waals surface area contributed by atoms with Crippen molar-refractivity contribution in [2.75, 3.05) is 12.4 Å². The summed E-state index contributed by atoms with van der Waals surface area (Å²) in [4.78, 5) is 7.97. The Hall–Kier alpha value is -1.90. The fourth-order valence-corrected chi connectivity index (χ4v) is 1.30. The summed E-state index contributed by atoms with van der Waals surface area (Å²) in [5, 5.41) is 3.10. The summed E-state index contributed by atoms with van der Waals surface area (Å²) in [6.45, 7) is 0. The van der Waals surface area contributed by atoms with E-state index in [0.717, 1.165) is 16.8 Å². The van der Waals surface area contributed by atoms with E-state index in [4.69, 9.17) is 0 Å². The molecule has 0 saturated heterocycles. The predicted molar refractivity (Wildman–Crippen MR) is 57.0 cm³/mol. The predicted octanol–water partition coefficient (Wildman–Crippen LogP) is 2.19. The van der Waals surface area contributed by atoms with E-state index in [1.54, 1.807) is 0 Å². The molecule has 0 amide bonds. The number of nitrogens with zero attached hydrogens (tertiary/aromatic N) is 2. The summed E-state index contributed by atoms with van der Waals surface area (Å²) in [7, 11) is 1.90. The molecule has 0 aliphatic carbocycles. The Balaban J connectivity index is 2.42. The van der Waals surface area contributed by atoms with E-state index >= 15 is 0 Å². The van der Waals surface area contributed by atoms with Gasteiger partial charge in [0.15, 0.2) is 0 Å². The zero-order chi connectivity index (χ0) is 9.80. The van der Waals surface area contributed by atoms with Crippen LogP contribution in [0, 0.1) is 0 Å². The third-order valence-corrected chi connectivity index (χ3v) is 2.05. The first-order valence-electron chi connectivity index (χ1n) is 4.43. The van der Waals surface area contributed by atoms with Gasteiger partial charge in [0, 0.05) is 30.7 Å². The molecule has 0 saturated carbocycles. The summed E-state index contributed by atoms with van der Waals surface area (Å²) in [6.07, 6.45) is 5.15. The average molecular weight is 185 g/mol. The second kappa shape index (κ2) is 3.87. The maximum absolute atomic E-state index is 3.99. The molecule has 1 heterocycles. The minimum atomic E-state index is 1.03. The minimum absolute atomic E-state index is 1.03. The fourth-order valence-electron chi connectivity index (χ4n) is 1.30. The van der Waals surface area contributed by atoms with Crippen LogP contribution >= 0.6 is 0 Å². The van der Waals surface area contributed by atoms with Gasteiger partial charge in [0.1, 0.15) is 6.33 Å². The Labute approximate surface area is 82.8 Å². The maximum atomic E-state index is 3.99. The molecule has 0 aliphatic rings. The van der Waals surface area contributed by atoms with E-state index in [9.17, 15) is 0 Å². The normalized spacial score (nSPS) is 9.79. The van der Waals surface area contributed by atoms with Crippen LogP contribution in [0.4, 0.5) is 5.69 Å². The van der Waals surface area contributed by atoms with Gasteiger partial charge >= 0.3 is 0 Å². The zero-order valence-corrected chi connectivity index (χ0v) is 7.94. The molecule has 3 nitrogen and oxygen atoms in total. The van der Waals surface area contributed by atoms with Gasteiger partial charge in [0.05, 0.1) is 0 Å². The Morgan fingerprint density at radius 1 is 1.07 bits per heavy atom. The maximum Gasteiger partial charge on any atom is 0.115 e. The van der Waals surface area contributed by atoms with Gasteiger partial charge in [-0.2, -0.15) is 0 Å². The molecular formula is C11H11N3. The van der Waals surface area contributed by atoms with Crippen LogP contribution in [0.15, 0.2) is 43.0 Å². The Kier molecular flexibility index (Phi) is 2.40. The van der Waals surface area contributed by atoms with Crippen molar-refractivity contribution in [1.29, 1.82) is 0 Å². The van der Waals surface area contributed by atoms with Gasteiger partial charge in [-0.1, -0.05) is 12.1 Å². The number of hydrogen-bond acceptors (Lipinski definition) is 3. The number of aromatic nitrogens is 2. The lowest BCUT2D eigenvalue weighted by Crippen LogP contribution is -1.88. The monoisotopic (exact) mass is 185 g/mol. The van der Waals surface area contributed by atoms with Crippen LogP contribution in [-0.2, 0) is 0 Å². The van der Waals surface area contributed by atoms with Crippen molar-refractivity contribution in [3.63, 3.8) is 0 Å². The van der Waals surface area contributed by atoms with Gasteiger partial charge in [0.2, 0.25) is 0 Å². The molecule has 0 aliphatic heterocycles. The molecule has 0 radical (unpaired) electrons. The number of anilines is 1. The van der Waals surface area contributed by atoms with E-state index in [1.807, 2.05) is 37.6 Å². The number of benzene rings is 1.